The molecule has 79 heavy (non-hydrogen) atoms. The number of primary amides is 2. The molecular weight excluding hydrogens is 1070 g/mol. The Hall–Kier alpha value is -6.80. The molecule has 2 aromatic rings. The van der Waals surface area contributed by atoms with Crippen molar-refractivity contribution in [2.24, 2.45) is 23.3 Å². The van der Waals surface area contributed by atoms with Crippen LogP contribution in [0.25, 0.3) is 10.9 Å². The van der Waals surface area contributed by atoms with Gasteiger partial charge in [0.25, 0.3) is 0 Å². The SMILES string of the molecule is CCCC[C@H](NC(=O)CCC(=O)N[C@H](C(=O)N[C@@H](CCC(N)=O)C(=O)N[C@@H](Cc1c[nH]c2ccccc12)C(=O)N[C@@H](C)C(=O)N[C@H](C(=O)NCC(=O)N[C@@H](CC(C)C)C(=O)N[C@@H](CCSC)C(N)=O)C(C)C)[C@@H](C)O)C(=O)CCl. The second-order valence-corrected chi connectivity index (χ2v) is 21.3. The number of nitrogens with one attached hydrogen (secondary N) is 10. The number of hydrogen-bond donors (Lipinski definition) is 13. The van der Waals surface area contributed by atoms with Gasteiger partial charge in [-0.3, -0.25) is 57.5 Å². The molecule has 0 spiro atoms. The second kappa shape index (κ2) is 34.9. The molecule has 0 aliphatic heterocycles. The first-order valence-electron chi connectivity index (χ1n) is 26.3. The monoisotopic (exact) mass is 1150 g/mol. The molecular formula is C52H81ClN12O13S. The number of carbonyl (C=O) groups is 12. The van der Waals surface area contributed by atoms with E-state index < -0.39 is 157 Å². The standard InChI is InChI=1S/C52H81ClN12O13S/c1-9-10-14-34(39(67)24-53)59-41(69)18-19-42(70)64-45(30(7)66)52(78)62-36(16-17-40(54)68)48(74)63-38(23-31-25-56-33-15-12-11-13-32(31)33)49(75)58-29(6)47(73)65-44(28(4)5)51(77)57-26-43(71)60-37(22-27(2)3)50(76)61-35(46(55)72)20-21-79-8/h11-13,15,25,27-30,34-38,44-45,56,66H,9-10,14,16-24,26H2,1-8H3,(H2,54,68)(H2,55,72)(H,57,77)(H,58,75)(H,59,69)(H,60,71)(H,61,76)(H,62,78)(H,63,74)(H,64,70)(H,65,73)/t29-,30+,34-,35-,36-,37-,38-,44-,45-/m0/s1. The number of aromatic amines is 1. The van der Waals surface area contributed by atoms with Crippen molar-refractivity contribution in [1.29, 1.82) is 0 Å². The minimum Gasteiger partial charge on any atom is -0.391 e. The number of aliphatic hydroxyl groups is 1. The number of fused-ring (bicyclic) bond motifs is 1. The molecule has 0 unspecified atom stereocenters. The fourth-order valence-corrected chi connectivity index (χ4v) is 8.65. The van der Waals surface area contributed by atoms with Gasteiger partial charge in [-0.05, 0) is 75.0 Å². The number of nitrogens with two attached hydrogens (primary N) is 2. The van der Waals surface area contributed by atoms with E-state index >= 15 is 0 Å². The topological polar surface area (TPSA) is 401 Å². The van der Waals surface area contributed by atoms with Gasteiger partial charge in [-0.15, -0.1) is 11.6 Å². The lowest BCUT2D eigenvalue weighted by atomic mass is 10.0. The number of carbonyl (C=O) groups excluding carboxylic acids is 12. The molecule has 0 aliphatic rings. The minimum absolute atomic E-state index is 0.0605. The molecule has 0 radical (unpaired) electrons. The lowest BCUT2D eigenvalue weighted by Crippen LogP contribution is -2.60. The summed E-state index contributed by atoms with van der Waals surface area (Å²) in [5.74, 6) is -9.77. The van der Waals surface area contributed by atoms with Gasteiger partial charge in [0.15, 0.2) is 5.78 Å². The predicted octanol–water partition coefficient (Wildman–Crippen LogP) is -0.910. The lowest BCUT2D eigenvalue weighted by Gasteiger charge is -2.27. The molecule has 15 N–H and O–H groups in total. The molecule has 2 rings (SSSR count). The minimum atomic E-state index is -1.69. The first-order valence-corrected chi connectivity index (χ1v) is 28.2. The van der Waals surface area contributed by atoms with Gasteiger partial charge in [0, 0.05) is 42.8 Å². The van der Waals surface area contributed by atoms with E-state index in [1.54, 1.807) is 44.3 Å². The number of aromatic nitrogens is 1. The van der Waals surface area contributed by atoms with Crippen molar-refractivity contribution >= 4 is 105 Å². The van der Waals surface area contributed by atoms with Crippen LogP contribution in [-0.2, 0) is 64.0 Å². The summed E-state index contributed by atoms with van der Waals surface area (Å²) in [6.07, 6.45) is 2.23. The summed E-state index contributed by atoms with van der Waals surface area (Å²) >= 11 is 7.16. The summed E-state index contributed by atoms with van der Waals surface area (Å²) in [7, 11) is 0. The molecule has 11 amide bonds. The van der Waals surface area contributed by atoms with Crippen LogP contribution in [0.3, 0.4) is 0 Å². The lowest BCUT2D eigenvalue weighted by molar-refractivity contribution is -0.136. The third kappa shape index (κ3) is 24.4. The molecule has 25 nitrogen and oxygen atoms in total. The summed E-state index contributed by atoms with van der Waals surface area (Å²) < 4.78 is 0. The Morgan fingerprint density at radius 2 is 1.23 bits per heavy atom. The number of thioether (sulfide) groups is 1. The molecule has 0 aliphatic carbocycles. The number of hydrogen-bond acceptors (Lipinski definition) is 14. The van der Waals surface area contributed by atoms with Crippen LogP contribution in [-0.4, -0.2) is 160 Å². The van der Waals surface area contributed by atoms with Crippen molar-refractivity contribution in [3.63, 3.8) is 0 Å². The Kier molecular flexibility index (Phi) is 30.2. The maximum Gasteiger partial charge on any atom is 0.245 e. The van der Waals surface area contributed by atoms with Gasteiger partial charge in [0.05, 0.1) is 24.6 Å². The average molecular weight is 1150 g/mol. The number of H-pyrrole nitrogens is 1. The van der Waals surface area contributed by atoms with E-state index in [0.29, 0.717) is 35.1 Å². The summed E-state index contributed by atoms with van der Waals surface area (Å²) in [4.78, 5) is 161. The van der Waals surface area contributed by atoms with Gasteiger partial charge in [0.1, 0.15) is 42.3 Å². The van der Waals surface area contributed by atoms with Crippen LogP contribution in [0.15, 0.2) is 30.5 Å². The number of benzene rings is 1. The quantitative estimate of drug-likeness (QED) is 0.0365. The summed E-state index contributed by atoms with van der Waals surface area (Å²) in [6, 6.07) is -3.15. The highest BCUT2D eigenvalue weighted by atomic mass is 35.5. The number of ketones is 1. The predicted molar refractivity (Wildman–Crippen MR) is 297 cm³/mol. The third-order valence-corrected chi connectivity index (χ3v) is 13.4. The van der Waals surface area contributed by atoms with Gasteiger partial charge in [-0.2, -0.15) is 11.8 Å². The molecule has 1 aromatic carbocycles. The van der Waals surface area contributed by atoms with Crippen molar-refractivity contribution in [2.45, 2.75) is 167 Å². The highest BCUT2D eigenvalue weighted by molar-refractivity contribution is 7.98. The van der Waals surface area contributed by atoms with Crippen molar-refractivity contribution in [1.82, 2.24) is 52.8 Å². The molecule has 9 atom stereocenters. The smallest absolute Gasteiger partial charge is 0.245 e. The Morgan fingerprint density at radius 3 is 1.81 bits per heavy atom. The first-order chi connectivity index (χ1) is 37.2. The summed E-state index contributed by atoms with van der Waals surface area (Å²) in [5, 5.41) is 34.0. The van der Waals surface area contributed by atoms with Crippen molar-refractivity contribution in [3.8, 4) is 0 Å². The van der Waals surface area contributed by atoms with E-state index in [2.05, 4.69) is 52.8 Å². The number of amides is 11. The number of Topliss-reactive ketones (excluding diaryl/α,β-unsaturated/α-hetero) is 1. The van der Waals surface area contributed by atoms with Gasteiger partial charge in [-0.25, -0.2) is 0 Å². The van der Waals surface area contributed by atoms with E-state index in [4.69, 9.17) is 23.1 Å². The zero-order valence-corrected chi connectivity index (χ0v) is 47.8. The van der Waals surface area contributed by atoms with E-state index in [9.17, 15) is 62.6 Å². The van der Waals surface area contributed by atoms with Gasteiger partial charge < -0.3 is 69.4 Å². The maximum absolute atomic E-state index is 14.2. The Labute approximate surface area is 469 Å². The average Bonchev–Trinajstić information content (AvgIpc) is 3.85. The van der Waals surface area contributed by atoms with Crippen LogP contribution in [0.1, 0.15) is 112 Å². The number of rotatable bonds is 37. The van der Waals surface area contributed by atoms with Crippen molar-refractivity contribution in [2.75, 3.05) is 24.4 Å². The number of halogens is 1. The molecule has 0 fully saturated rings. The number of para-hydroxylation sites is 1. The molecule has 0 saturated heterocycles. The van der Waals surface area contributed by atoms with Gasteiger partial charge in [0.2, 0.25) is 65.0 Å². The van der Waals surface area contributed by atoms with Crippen molar-refractivity contribution < 1.29 is 62.6 Å². The largest absolute Gasteiger partial charge is 0.391 e. The molecule has 0 saturated carbocycles. The van der Waals surface area contributed by atoms with Crippen LogP contribution in [0.2, 0.25) is 0 Å². The Morgan fingerprint density at radius 1 is 0.633 bits per heavy atom. The molecule has 27 heteroatoms. The fourth-order valence-electron chi connectivity index (χ4n) is 7.99. The van der Waals surface area contributed by atoms with Crippen molar-refractivity contribution in [3.05, 3.63) is 36.0 Å². The normalized spacial score (nSPS) is 14.6. The highest BCUT2D eigenvalue weighted by Crippen LogP contribution is 2.20. The Bertz CT molecular complexity index is 2440. The molecule has 1 heterocycles. The van der Waals surface area contributed by atoms with Crippen LogP contribution in [0.5, 0.6) is 0 Å². The number of aliphatic hydroxyl groups excluding tert-OH is 1. The Balaban J connectivity index is 2.28. The summed E-state index contributed by atoms with van der Waals surface area (Å²) in [6.45, 7) is 10.7. The highest BCUT2D eigenvalue weighted by Gasteiger charge is 2.35. The fraction of sp³-hybridized carbons (Fsp3) is 0.615. The molecule has 440 valence electrons. The third-order valence-electron chi connectivity index (χ3n) is 12.5. The zero-order chi connectivity index (χ0) is 59.5. The van der Waals surface area contributed by atoms with E-state index in [1.165, 1.54) is 25.6 Å². The van der Waals surface area contributed by atoms with Gasteiger partial charge >= 0.3 is 0 Å². The van der Waals surface area contributed by atoms with E-state index in [0.717, 1.165) is 6.42 Å². The molecule has 0 bridgehead atoms. The van der Waals surface area contributed by atoms with Crippen LogP contribution >= 0.6 is 23.4 Å². The van der Waals surface area contributed by atoms with Crippen LogP contribution in [0, 0.1) is 11.8 Å². The summed E-state index contributed by atoms with van der Waals surface area (Å²) in [5.41, 5.74) is 12.2. The maximum atomic E-state index is 14.2. The van der Waals surface area contributed by atoms with Crippen LogP contribution < -0.4 is 59.3 Å². The molecule has 1 aromatic heterocycles. The van der Waals surface area contributed by atoms with E-state index in [-0.39, 0.29) is 37.5 Å². The number of unbranched alkanes of at least 4 members (excludes halogenated alkanes) is 1. The zero-order valence-electron chi connectivity index (χ0n) is 46.2. The first kappa shape index (κ1) is 68.3. The second-order valence-electron chi connectivity index (χ2n) is 20.0. The number of alkyl halides is 1. The van der Waals surface area contributed by atoms with Gasteiger partial charge in [-0.1, -0.05) is 65.7 Å². The van der Waals surface area contributed by atoms with Crippen LogP contribution in [0.4, 0.5) is 0 Å². The van der Waals surface area contributed by atoms with E-state index in [1.807, 2.05) is 27.0 Å².